The smallest absolute Gasteiger partial charge is 0.106 e. The zero-order chi connectivity index (χ0) is 10.8. The number of nitrogens with zero attached hydrogens (tertiary/aromatic N) is 2. The number of rotatable bonds is 2. The van der Waals surface area contributed by atoms with E-state index in [1.54, 1.807) is 0 Å². The second-order valence-electron chi connectivity index (χ2n) is 4.24. The third kappa shape index (κ3) is 2.69. The molecule has 0 radical (unpaired) electrons. The first kappa shape index (κ1) is 10.9. The van der Waals surface area contributed by atoms with Gasteiger partial charge >= 0.3 is 0 Å². The van der Waals surface area contributed by atoms with E-state index in [-0.39, 0.29) is 0 Å². The van der Waals surface area contributed by atoms with Gasteiger partial charge in [-0.1, -0.05) is 0 Å². The van der Waals surface area contributed by atoms with Crippen molar-refractivity contribution < 1.29 is 0 Å². The average molecular weight is 270 g/mol. The first-order valence-electron chi connectivity index (χ1n) is 5.23. The topological polar surface area (TPSA) is 28.2 Å². The first-order chi connectivity index (χ1) is 7.15. The minimum Gasteiger partial charge on any atom is -0.380 e. The lowest BCUT2D eigenvalue weighted by Crippen LogP contribution is -2.24. The Hall–Kier alpha value is -0.610. The SMILES string of the molecule is CC1CC(Nc2ccc(Br)nc2)CN1C. The lowest BCUT2D eigenvalue weighted by atomic mass is 10.2. The molecule has 3 nitrogen and oxygen atoms in total. The van der Waals surface area contributed by atoms with E-state index in [0.29, 0.717) is 12.1 Å². The van der Waals surface area contributed by atoms with Crippen LogP contribution in [0, 0.1) is 0 Å². The summed E-state index contributed by atoms with van der Waals surface area (Å²) in [7, 11) is 2.17. The normalized spacial score (nSPS) is 26.9. The molecule has 1 aliphatic rings. The van der Waals surface area contributed by atoms with Crippen molar-refractivity contribution in [1.29, 1.82) is 0 Å². The summed E-state index contributed by atoms with van der Waals surface area (Å²) in [5, 5.41) is 3.50. The van der Waals surface area contributed by atoms with Crippen molar-refractivity contribution in [3.05, 3.63) is 22.9 Å². The molecule has 1 aromatic rings. The van der Waals surface area contributed by atoms with Gasteiger partial charge in [-0.3, -0.25) is 0 Å². The molecular formula is C11H16BrN3. The van der Waals surface area contributed by atoms with Crippen LogP contribution in [0.25, 0.3) is 0 Å². The molecule has 4 heteroatoms. The molecule has 2 rings (SSSR count). The summed E-state index contributed by atoms with van der Waals surface area (Å²) in [5.41, 5.74) is 1.10. The van der Waals surface area contributed by atoms with E-state index in [1.807, 2.05) is 12.3 Å². The molecule has 0 aromatic carbocycles. The predicted octanol–water partition coefficient (Wildman–Crippen LogP) is 2.35. The summed E-state index contributed by atoms with van der Waals surface area (Å²) < 4.78 is 0.880. The van der Waals surface area contributed by atoms with Gasteiger partial charge in [0.2, 0.25) is 0 Å². The standard InChI is InChI=1S/C11H16BrN3/c1-8-5-10(7-15(8)2)14-9-3-4-11(12)13-6-9/h3-4,6,8,10,14H,5,7H2,1-2H3. The quantitative estimate of drug-likeness (QED) is 0.836. The minimum atomic E-state index is 0.549. The summed E-state index contributed by atoms with van der Waals surface area (Å²) >= 11 is 3.33. The van der Waals surface area contributed by atoms with Crippen molar-refractivity contribution in [3.8, 4) is 0 Å². The molecule has 0 amide bonds. The molecule has 0 bridgehead atoms. The lowest BCUT2D eigenvalue weighted by Gasteiger charge is -2.14. The number of pyridine rings is 1. The molecule has 1 saturated heterocycles. The van der Waals surface area contributed by atoms with Gasteiger partial charge in [-0.05, 0) is 48.5 Å². The summed E-state index contributed by atoms with van der Waals surface area (Å²) in [6.07, 6.45) is 3.07. The van der Waals surface area contributed by atoms with Crippen LogP contribution < -0.4 is 5.32 Å². The predicted molar refractivity (Wildman–Crippen MR) is 66.1 cm³/mol. The van der Waals surface area contributed by atoms with E-state index < -0.39 is 0 Å². The highest BCUT2D eigenvalue weighted by Gasteiger charge is 2.25. The molecule has 1 aliphatic heterocycles. The molecular weight excluding hydrogens is 254 g/mol. The fraction of sp³-hybridized carbons (Fsp3) is 0.545. The molecule has 82 valence electrons. The van der Waals surface area contributed by atoms with Gasteiger partial charge in [0, 0.05) is 18.6 Å². The number of aromatic nitrogens is 1. The fourth-order valence-electron chi connectivity index (χ4n) is 2.00. The molecule has 0 saturated carbocycles. The van der Waals surface area contributed by atoms with E-state index in [1.165, 1.54) is 6.42 Å². The Bertz CT molecular complexity index is 315. The van der Waals surface area contributed by atoms with Gasteiger partial charge in [-0.15, -0.1) is 0 Å². The van der Waals surface area contributed by atoms with Gasteiger partial charge in [-0.2, -0.15) is 0 Å². The Kier molecular flexibility index (Phi) is 3.26. The maximum absolute atomic E-state index is 4.20. The van der Waals surface area contributed by atoms with Crippen LogP contribution in [0.1, 0.15) is 13.3 Å². The molecule has 1 N–H and O–H groups in total. The Morgan fingerprint density at radius 2 is 2.33 bits per heavy atom. The summed E-state index contributed by atoms with van der Waals surface area (Å²) in [6.45, 7) is 3.37. The average Bonchev–Trinajstić information content (AvgIpc) is 2.50. The van der Waals surface area contributed by atoms with Crippen LogP contribution in [0.3, 0.4) is 0 Å². The summed E-state index contributed by atoms with van der Waals surface area (Å²) in [4.78, 5) is 6.58. The van der Waals surface area contributed by atoms with Gasteiger partial charge in [0.25, 0.3) is 0 Å². The van der Waals surface area contributed by atoms with Crippen LogP contribution in [0.15, 0.2) is 22.9 Å². The first-order valence-corrected chi connectivity index (χ1v) is 6.03. The third-order valence-electron chi connectivity index (χ3n) is 2.98. The number of halogens is 1. The van der Waals surface area contributed by atoms with Crippen LogP contribution in [-0.4, -0.2) is 35.6 Å². The van der Waals surface area contributed by atoms with Crippen molar-refractivity contribution in [2.75, 3.05) is 18.9 Å². The molecule has 0 spiro atoms. The van der Waals surface area contributed by atoms with Gasteiger partial charge in [-0.25, -0.2) is 4.98 Å². The zero-order valence-electron chi connectivity index (χ0n) is 9.07. The second kappa shape index (κ2) is 4.49. The maximum atomic E-state index is 4.20. The zero-order valence-corrected chi connectivity index (χ0v) is 10.7. The number of likely N-dealkylation sites (N-methyl/N-ethyl adjacent to an activating group) is 1. The Labute approximate surface area is 99.0 Å². The van der Waals surface area contributed by atoms with Crippen molar-refractivity contribution in [2.24, 2.45) is 0 Å². The van der Waals surface area contributed by atoms with E-state index in [9.17, 15) is 0 Å². The van der Waals surface area contributed by atoms with Crippen molar-refractivity contribution in [2.45, 2.75) is 25.4 Å². The summed E-state index contributed by atoms with van der Waals surface area (Å²) in [5.74, 6) is 0. The number of hydrogen-bond acceptors (Lipinski definition) is 3. The number of anilines is 1. The van der Waals surface area contributed by atoms with Gasteiger partial charge in [0.1, 0.15) is 4.60 Å². The molecule has 1 aromatic heterocycles. The highest BCUT2D eigenvalue weighted by atomic mass is 79.9. The molecule has 15 heavy (non-hydrogen) atoms. The number of nitrogens with one attached hydrogen (secondary N) is 1. The molecule has 2 heterocycles. The molecule has 2 unspecified atom stereocenters. The molecule has 2 atom stereocenters. The number of likely N-dealkylation sites (tertiary alicyclic amines) is 1. The van der Waals surface area contributed by atoms with Crippen LogP contribution >= 0.6 is 15.9 Å². The minimum absolute atomic E-state index is 0.549. The van der Waals surface area contributed by atoms with Gasteiger partial charge < -0.3 is 10.2 Å². The monoisotopic (exact) mass is 269 g/mol. The fourth-order valence-corrected chi connectivity index (χ4v) is 2.23. The number of hydrogen-bond donors (Lipinski definition) is 1. The third-order valence-corrected chi connectivity index (χ3v) is 3.45. The van der Waals surface area contributed by atoms with E-state index in [0.717, 1.165) is 16.8 Å². The van der Waals surface area contributed by atoms with Crippen LogP contribution in [0.2, 0.25) is 0 Å². The Morgan fingerprint density at radius 3 is 2.87 bits per heavy atom. The summed E-state index contributed by atoms with van der Waals surface area (Å²) in [6, 6.07) is 5.24. The highest BCUT2D eigenvalue weighted by Crippen LogP contribution is 2.19. The molecule has 1 fully saturated rings. The van der Waals surface area contributed by atoms with Crippen LogP contribution in [0.5, 0.6) is 0 Å². The second-order valence-corrected chi connectivity index (χ2v) is 5.05. The lowest BCUT2D eigenvalue weighted by molar-refractivity contribution is 0.330. The van der Waals surface area contributed by atoms with Crippen LogP contribution in [0.4, 0.5) is 5.69 Å². The van der Waals surface area contributed by atoms with Crippen molar-refractivity contribution in [1.82, 2.24) is 9.88 Å². The maximum Gasteiger partial charge on any atom is 0.106 e. The van der Waals surface area contributed by atoms with Crippen molar-refractivity contribution >= 4 is 21.6 Å². The largest absolute Gasteiger partial charge is 0.380 e. The van der Waals surface area contributed by atoms with Gasteiger partial charge in [0.05, 0.1) is 11.9 Å². The van der Waals surface area contributed by atoms with Gasteiger partial charge in [0.15, 0.2) is 0 Å². The van der Waals surface area contributed by atoms with E-state index in [4.69, 9.17) is 0 Å². The van der Waals surface area contributed by atoms with Crippen LogP contribution in [-0.2, 0) is 0 Å². The van der Waals surface area contributed by atoms with Crippen molar-refractivity contribution in [3.63, 3.8) is 0 Å². The van der Waals surface area contributed by atoms with E-state index in [2.05, 4.69) is 51.2 Å². The van der Waals surface area contributed by atoms with E-state index >= 15 is 0 Å². The molecule has 0 aliphatic carbocycles. The Balaban J connectivity index is 1.95. The Morgan fingerprint density at radius 1 is 1.53 bits per heavy atom. The highest BCUT2D eigenvalue weighted by molar-refractivity contribution is 9.10.